The first-order chi connectivity index (χ1) is 14.3. The second-order valence-electron chi connectivity index (χ2n) is 6.59. The van der Waals surface area contributed by atoms with Crippen molar-refractivity contribution >= 4 is 5.78 Å². The van der Waals surface area contributed by atoms with Gasteiger partial charge < -0.3 is 0 Å². The van der Waals surface area contributed by atoms with E-state index in [1.807, 2.05) is 0 Å². The lowest BCUT2D eigenvalue weighted by atomic mass is 9.82. The van der Waals surface area contributed by atoms with Crippen LogP contribution in [-0.4, -0.2) is 18.1 Å². The van der Waals surface area contributed by atoms with Crippen molar-refractivity contribution < 1.29 is 57.5 Å². The van der Waals surface area contributed by atoms with Crippen molar-refractivity contribution in [2.45, 2.75) is 36.5 Å². The Morgan fingerprint density at radius 3 is 0.938 bits per heavy atom. The molecular weight excluding hydrogens is 472 g/mol. The van der Waals surface area contributed by atoms with Crippen LogP contribution in [-0.2, 0) is 17.1 Å². The molecule has 0 saturated carbocycles. The first-order valence-corrected chi connectivity index (χ1v) is 8.35. The first kappa shape index (κ1) is 25.5. The molecule has 0 aliphatic carbocycles. The number of hydrogen-bond acceptors (Lipinski definition) is 1. The van der Waals surface area contributed by atoms with Gasteiger partial charge in [-0.1, -0.05) is 24.3 Å². The van der Waals surface area contributed by atoms with Gasteiger partial charge in [-0.25, -0.2) is 0 Å². The van der Waals surface area contributed by atoms with Crippen LogP contribution in [0.2, 0.25) is 0 Å². The van der Waals surface area contributed by atoms with Crippen molar-refractivity contribution in [1.82, 2.24) is 0 Å². The quantitative estimate of drug-likeness (QED) is 0.419. The third-order valence-electron chi connectivity index (χ3n) is 4.37. The number of rotatable bonds is 4. The van der Waals surface area contributed by atoms with E-state index in [2.05, 4.69) is 0 Å². The van der Waals surface area contributed by atoms with Crippen LogP contribution in [0.4, 0.5) is 52.7 Å². The van der Waals surface area contributed by atoms with Crippen molar-refractivity contribution in [2.24, 2.45) is 0 Å². The predicted octanol–water partition coefficient (Wildman–Crippen LogP) is 7.29. The molecule has 2 aromatic rings. The molecule has 0 heterocycles. The van der Waals surface area contributed by atoms with E-state index in [0.29, 0.717) is 0 Å². The van der Waals surface area contributed by atoms with E-state index in [1.165, 1.54) is 0 Å². The Morgan fingerprint density at radius 1 is 0.500 bits per heavy atom. The van der Waals surface area contributed by atoms with Gasteiger partial charge in [-0.05, 0) is 35.4 Å². The van der Waals surface area contributed by atoms with Crippen molar-refractivity contribution in [1.29, 1.82) is 0 Å². The summed E-state index contributed by atoms with van der Waals surface area (Å²) in [6.07, 6.45) is -21.2. The molecule has 0 saturated heterocycles. The van der Waals surface area contributed by atoms with E-state index in [1.54, 1.807) is 0 Å². The van der Waals surface area contributed by atoms with E-state index >= 15 is 0 Å². The molecule has 0 radical (unpaired) electrons. The van der Waals surface area contributed by atoms with Crippen molar-refractivity contribution in [3.05, 3.63) is 70.8 Å². The fourth-order valence-corrected chi connectivity index (χ4v) is 2.92. The number of halogens is 12. The van der Waals surface area contributed by atoms with Gasteiger partial charge in [0.25, 0.3) is 0 Å². The van der Waals surface area contributed by atoms with E-state index in [4.69, 9.17) is 0 Å². The maximum Gasteiger partial charge on any atom is 0.416 e. The van der Waals surface area contributed by atoms with Gasteiger partial charge in [0.05, 0.1) is 11.1 Å². The second-order valence-corrected chi connectivity index (χ2v) is 6.59. The molecule has 0 aliphatic rings. The van der Waals surface area contributed by atoms with E-state index < -0.39 is 64.6 Å². The van der Waals surface area contributed by atoms with Gasteiger partial charge in [0.1, 0.15) is 11.8 Å². The minimum atomic E-state index is -5.63. The van der Waals surface area contributed by atoms with Gasteiger partial charge in [0.15, 0.2) is 5.78 Å². The molecule has 2 atom stereocenters. The fourth-order valence-electron chi connectivity index (χ4n) is 2.92. The molecule has 2 rings (SSSR count). The smallest absolute Gasteiger partial charge is 0.298 e. The summed E-state index contributed by atoms with van der Waals surface area (Å²) in [5.74, 6) is -9.44. The van der Waals surface area contributed by atoms with Crippen LogP contribution in [0.25, 0.3) is 0 Å². The normalized spacial score (nSPS) is 15.4. The minimum Gasteiger partial charge on any atom is -0.298 e. The summed E-state index contributed by atoms with van der Waals surface area (Å²) in [4.78, 5) is 12.4. The third kappa shape index (κ3) is 5.74. The molecule has 1 nitrogen and oxygen atoms in total. The molecule has 0 aromatic heterocycles. The average molecular weight is 482 g/mol. The fraction of sp³-hybridized carbons (Fsp3) is 0.316. The van der Waals surface area contributed by atoms with Gasteiger partial charge in [-0.3, -0.25) is 4.79 Å². The topological polar surface area (TPSA) is 17.1 Å². The van der Waals surface area contributed by atoms with E-state index in [9.17, 15) is 57.5 Å². The Balaban J connectivity index is 2.56. The van der Waals surface area contributed by atoms with Crippen LogP contribution >= 0.6 is 0 Å². The molecular formula is C19H10F12O. The van der Waals surface area contributed by atoms with Crippen molar-refractivity contribution in [3.63, 3.8) is 0 Å². The molecule has 0 N–H and O–H groups in total. The van der Waals surface area contributed by atoms with Crippen LogP contribution < -0.4 is 0 Å². The van der Waals surface area contributed by atoms with E-state index in [-0.39, 0.29) is 48.5 Å². The van der Waals surface area contributed by atoms with Crippen molar-refractivity contribution in [2.75, 3.05) is 0 Å². The van der Waals surface area contributed by atoms with Gasteiger partial charge in [0, 0.05) is 0 Å². The maximum atomic E-state index is 13.5. The first-order valence-electron chi connectivity index (χ1n) is 8.35. The monoisotopic (exact) mass is 482 g/mol. The van der Waals surface area contributed by atoms with Crippen LogP contribution in [0.15, 0.2) is 48.5 Å². The zero-order valence-electron chi connectivity index (χ0n) is 15.2. The van der Waals surface area contributed by atoms with Crippen LogP contribution in [0.5, 0.6) is 0 Å². The Morgan fingerprint density at radius 2 is 0.750 bits per heavy atom. The van der Waals surface area contributed by atoms with Gasteiger partial charge in [0.2, 0.25) is 0 Å². The van der Waals surface area contributed by atoms with E-state index in [0.717, 1.165) is 0 Å². The number of carbonyl (C=O) groups is 1. The molecule has 2 aromatic carbocycles. The lowest BCUT2D eigenvalue weighted by Crippen LogP contribution is -2.38. The molecule has 0 bridgehead atoms. The molecule has 0 spiro atoms. The zero-order chi connectivity index (χ0) is 24.7. The van der Waals surface area contributed by atoms with Gasteiger partial charge >= 0.3 is 24.7 Å². The number of carbonyl (C=O) groups excluding carboxylic acids is 1. The molecule has 0 fully saturated rings. The van der Waals surface area contributed by atoms with Gasteiger partial charge in [-0.2, -0.15) is 52.7 Å². The maximum absolute atomic E-state index is 13.5. The number of ketones is 1. The van der Waals surface area contributed by atoms with Crippen LogP contribution in [0.1, 0.15) is 34.1 Å². The third-order valence-corrected chi connectivity index (χ3v) is 4.37. The van der Waals surface area contributed by atoms with Crippen LogP contribution in [0.3, 0.4) is 0 Å². The molecule has 2 unspecified atom stereocenters. The summed E-state index contributed by atoms with van der Waals surface area (Å²) < 4.78 is 157. The summed E-state index contributed by atoms with van der Waals surface area (Å²) >= 11 is 0. The number of benzene rings is 2. The SMILES string of the molecule is O=C(C(c1ccc(C(F)(F)F)cc1)C(F)(F)F)C(c1ccc(C(F)(F)F)cc1)C(F)(F)F. The highest BCUT2D eigenvalue weighted by Crippen LogP contribution is 2.45. The summed E-state index contributed by atoms with van der Waals surface area (Å²) in [5, 5.41) is 0. The Kier molecular flexibility index (Phi) is 6.64. The Bertz CT molecular complexity index is 854. The molecule has 32 heavy (non-hydrogen) atoms. The molecule has 176 valence electrons. The predicted molar refractivity (Wildman–Crippen MR) is 85.5 cm³/mol. The summed E-state index contributed by atoms with van der Waals surface area (Å²) in [7, 11) is 0. The highest BCUT2D eigenvalue weighted by molar-refractivity contribution is 5.93. The van der Waals surface area contributed by atoms with Crippen molar-refractivity contribution in [3.8, 4) is 0 Å². The highest BCUT2D eigenvalue weighted by Gasteiger charge is 2.55. The summed E-state index contributed by atoms with van der Waals surface area (Å²) in [6, 6.07) is 1.56. The largest absolute Gasteiger partial charge is 0.416 e. The lowest BCUT2D eigenvalue weighted by Gasteiger charge is -2.27. The number of hydrogen-bond donors (Lipinski definition) is 0. The zero-order valence-corrected chi connectivity index (χ0v) is 15.2. The molecule has 0 amide bonds. The minimum absolute atomic E-state index is 0.169. The average Bonchev–Trinajstić information content (AvgIpc) is 2.59. The number of Topliss-reactive ketones (excluding diaryl/α,β-unsaturated/α-hetero) is 1. The number of alkyl halides is 12. The summed E-state index contributed by atoms with van der Waals surface area (Å²) in [6.45, 7) is 0. The standard InChI is InChI=1S/C19H10F12O/c20-16(21,22)11-5-1-9(2-6-11)13(18(26,27)28)15(32)14(19(29,30)31)10-3-7-12(8-4-10)17(23,24)25/h1-8,13-14H. The summed E-state index contributed by atoms with van der Waals surface area (Å²) in [5.41, 5.74) is -5.16. The Labute approximate surface area is 171 Å². The molecule has 0 aliphatic heterocycles. The second kappa shape index (κ2) is 8.32. The lowest BCUT2D eigenvalue weighted by molar-refractivity contribution is -0.183. The Hall–Kier alpha value is -2.73. The van der Waals surface area contributed by atoms with Gasteiger partial charge in [-0.15, -0.1) is 0 Å². The highest BCUT2D eigenvalue weighted by atomic mass is 19.4. The molecule has 13 heteroatoms. The van der Waals surface area contributed by atoms with Crippen LogP contribution in [0, 0.1) is 0 Å².